The lowest BCUT2D eigenvalue weighted by Gasteiger charge is -2.47. The van der Waals surface area contributed by atoms with Crippen LogP contribution in [0.25, 0.3) is 111 Å². The summed E-state index contributed by atoms with van der Waals surface area (Å²) in [4.78, 5) is 4.33. The molecule has 6 aliphatic rings. The van der Waals surface area contributed by atoms with E-state index in [0.29, 0.717) is 72.9 Å². The average molecular weight is 1450 g/mol. The Morgan fingerprint density at radius 1 is 0.339 bits per heavy atom. The number of ether oxygens (including phenoxy) is 1. The summed E-state index contributed by atoms with van der Waals surface area (Å²) in [5, 5.41) is -0.603. The number of fused-ring (bicyclic) bond motifs is 25. The van der Waals surface area contributed by atoms with Gasteiger partial charge in [-0.1, -0.05) is 308 Å². The minimum atomic E-state index is -1.35. The van der Waals surface area contributed by atoms with Gasteiger partial charge < -0.3 is 23.7 Å². The molecule has 5 nitrogen and oxygen atoms in total. The molecule has 0 unspecified atom stereocenters. The predicted octanol–water partition coefficient (Wildman–Crippen LogP) is 22.8. The van der Waals surface area contributed by atoms with Gasteiger partial charge in [-0.3, -0.25) is 0 Å². The van der Waals surface area contributed by atoms with Crippen LogP contribution in [0.2, 0.25) is 0 Å². The topological polar surface area (TPSA) is 25.6 Å². The van der Waals surface area contributed by atoms with E-state index in [1.807, 2.05) is 120 Å². The van der Waals surface area contributed by atoms with Crippen molar-refractivity contribution in [2.75, 3.05) is 9.80 Å². The molecule has 0 amide bonds. The number of para-hydroxylation sites is 4. The number of hydrogen-bond acceptors (Lipinski definition) is 3. The van der Waals surface area contributed by atoms with E-state index in [4.69, 9.17) is 4.74 Å². The molecular formula is C105H74B2N4O. The third-order valence-electron chi connectivity index (χ3n) is 24.5. The van der Waals surface area contributed by atoms with Crippen molar-refractivity contribution in [1.29, 1.82) is 0 Å². The van der Waals surface area contributed by atoms with E-state index in [1.165, 1.54) is 4.57 Å². The van der Waals surface area contributed by atoms with Gasteiger partial charge in [-0.2, -0.15) is 0 Å². The Labute approximate surface area is 678 Å². The Hall–Kier alpha value is -13.4. The third kappa shape index (κ3) is 8.49. The fourth-order valence-electron chi connectivity index (χ4n) is 19.7. The summed E-state index contributed by atoms with van der Waals surface area (Å²) >= 11 is 0. The third-order valence-corrected chi connectivity index (χ3v) is 24.5. The highest BCUT2D eigenvalue weighted by Gasteiger charge is 2.55. The lowest BCUT2D eigenvalue weighted by Crippen LogP contribution is -2.64. The van der Waals surface area contributed by atoms with Gasteiger partial charge in [-0.05, 0) is 189 Å². The number of benzene rings is 16. The monoisotopic (exact) mass is 1450 g/mol. The summed E-state index contributed by atoms with van der Waals surface area (Å²) in [5.41, 5.74) is 16.3. The van der Waals surface area contributed by atoms with Gasteiger partial charge >= 0.3 is 0 Å². The first-order chi connectivity index (χ1) is 62.4. The smallest absolute Gasteiger partial charge is 0.256 e. The molecule has 7 heteroatoms. The minimum absolute atomic E-state index is 0.00596. The van der Waals surface area contributed by atoms with Crippen LogP contribution in [-0.2, 0) is 16.2 Å². The standard InChI is InChI=1S/C105H74B2N4O/c1-103(2,3)67-57-77(64-32-12-8-13-33-64)99(78(58-67)65-34-14-9-15-35-65)111-91-61-69(108-87-48-25-19-38-72(87)73-39-20-26-49-88(73)108)53-55-83(91)106-86-62-94-98-102(112-95-56-66(63-30-10-7-11-31-63)52-54-84(95)107(98)85-47-28-42-75-74-40-21-27-50-89(74)109(94)100(75)85)101(86)110(92-59-68(104(4,5)6)60-93(111)97(92)106)90-51-29-46-82-96(90)76-41-18-24-45-81(76)105(82)79-43-22-16-36-70(79)71-37-17-23-44-80(71)105/h7-62H,1-6H3/i19D,20D,21D,25D,26D,27D,28D,38D,39D,40D,42D,47D,48D,49D,50D,53D,55D,61D. The zero-order valence-electron chi connectivity index (χ0n) is 79.8. The molecule has 18 aromatic rings. The van der Waals surface area contributed by atoms with Crippen LogP contribution < -0.4 is 47.3 Å². The molecule has 1 spiro atoms. The predicted molar refractivity (Wildman–Crippen MR) is 470 cm³/mol. The lowest BCUT2D eigenvalue weighted by molar-refractivity contribution is 0.489. The summed E-state index contributed by atoms with van der Waals surface area (Å²) in [6.45, 7) is 10.4. The quantitative estimate of drug-likeness (QED) is 0.155. The van der Waals surface area contributed by atoms with Crippen molar-refractivity contribution in [2.45, 2.75) is 57.8 Å². The Morgan fingerprint density at radius 2 is 0.848 bits per heavy atom. The van der Waals surface area contributed by atoms with Gasteiger partial charge in [0.05, 0.1) is 63.7 Å². The Bertz CT molecular complexity index is 8130. The molecule has 4 aliphatic heterocycles. The molecule has 0 fully saturated rings. The second-order valence-electron chi connectivity index (χ2n) is 32.3. The highest BCUT2D eigenvalue weighted by Crippen LogP contribution is 2.66. The molecule has 2 aliphatic carbocycles. The van der Waals surface area contributed by atoms with E-state index in [1.54, 1.807) is 4.57 Å². The van der Waals surface area contributed by atoms with E-state index in [9.17, 15) is 24.7 Å². The summed E-state index contributed by atoms with van der Waals surface area (Å²) in [6, 6.07) is 68.2. The molecule has 0 N–H and O–H groups in total. The van der Waals surface area contributed by atoms with Gasteiger partial charge in [0.25, 0.3) is 13.4 Å². The Kier molecular flexibility index (Phi) is 9.86. The van der Waals surface area contributed by atoms with Crippen molar-refractivity contribution in [3.8, 4) is 78.5 Å². The molecule has 2 aromatic heterocycles. The van der Waals surface area contributed by atoms with Crippen molar-refractivity contribution >= 4 is 124 Å². The van der Waals surface area contributed by atoms with Crippen molar-refractivity contribution in [3.63, 3.8) is 0 Å². The van der Waals surface area contributed by atoms with E-state index in [2.05, 4.69) is 162 Å². The second-order valence-corrected chi connectivity index (χ2v) is 32.3. The van der Waals surface area contributed by atoms with Crippen molar-refractivity contribution in [3.05, 3.63) is 373 Å². The maximum atomic E-state index is 12.0. The van der Waals surface area contributed by atoms with Crippen molar-refractivity contribution < 1.29 is 29.4 Å². The highest BCUT2D eigenvalue weighted by molar-refractivity contribution is 7.02. The van der Waals surface area contributed by atoms with Crippen LogP contribution in [0.3, 0.4) is 0 Å². The average Bonchev–Trinajstić information content (AvgIpc) is 1.30. The van der Waals surface area contributed by atoms with Crippen LogP contribution in [0.1, 0.15) is 99.6 Å². The van der Waals surface area contributed by atoms with Crippen LogP contribution in [-0.4, -0.2) is 22.6 Å². The minimum Gasteiger partial charge on any atom is -0.456 e. The van der Waals surface area contributed by atoms with Crippen LogP contribution in [0, 0.1) is 0 Å². The fourth-order valence-corrected chi connectivity index (χ4v) is 19.7. The molecule has 0 atom stereocenters. The largest absolute Gasteiger partial charge is 0.456 e. The number of nitrogens with zero attached hydrogens (tertiary/aromatic N) is 4. The van der Waals surface area contributed by atoms with Crippen molar-refractivity contribution in [1.82, 2.24) is 9.13 Å². The molecular weight excluding hydrogens is 1350 g/mol. The Morgan fingerprint density at radius 3 is 1.46 bits per heavy atom. The van der Waals surface area contributed by atoms with Gasteiger partial charge in [0.15, 0.2) is 0 Å². The summed E-state index contributed by atoms with van der Waals surface area (Å²) in [5.74, 6) is 0.567. The fraction of sp³-hybridized carbons (Fsp3) is 0.0857. The van der Waals surface area contributed by atoms with Crippen LogP contribution >= 0.6 is 0 Å². The molecule has 112 heavy (non-hydrogen) atoms. The van der Waals surface area contributed by atoms with Gasteiger partial charge in [0, 0.05) is 72.2 Å². The summed E-state index contributed by atoms with van der Waals surface area (Å²) in [6.07, 6.45) is 0. The number of aromatic nitrogens is 2. The number of anilines is 6. The van der Waals surface area contributed by atoms with E-state index < -0.39 is 138 Å². The maximum Gasteiger partial charge on any atom is 0.256 e. The van der Waals surface area contributed by atoms with E-state index >= 15 is 0 Å². The molecule has 16 aromatic carbocycles. The molecule has 24 rings (SSSR count). The van der Waals surface area contributed by atoms with E-state index in [0.717, 1.165) is 77.9 Å². The summed E-state index contributed by atoms with van der Waals surface area (Å²) < 4.78 is 193. The zero-order valence-corrected chi connectivity index (χ0v) is 61.8. The van der Waals surface area contributed by atoms with Crippen LogP contribution in [0.15, 0.2) is 339 Å². The maximum absolute atomic E-state index is 12.0. The van der Waals surface area contributed by atoms with Gasteiger partial charge in [-0.15, -0.1) is 0 Å². The molecule has 0 saturated heterocycles. The lowest BCUT2D eigenvalue weighted by atomic mass is 9.31. The van der Waals surface area contributed by atoms with Crippen molar-refractivity contribution in [2.24, 2.45) is 0 Å². The molecule has 6 heterocycles. The second kappa shape index (κ2) is 22.9. The number of hydrogen-bond donors (Lipinski definition) is 0. The van der Waals surface area contributed by atoms with Crippen LogP contribution in [0.5, 0.6) is 11.5 Å². The Balaban J connectivity index is 0.950. The first-order valence-corrected chi connectivity index (χ1v) is 38.2. The molecule has 0 saturated carbocycles. The van der Waals surface area contributed by atoms with Gasteiger partial charge in [0.1, 0.15) is 11.5 Å². The highest BCUT2D eigenvalue weighted by atomic mass is 16.5. The molecule has 0 bridgehead atoms. The molecule has 0 radical (unpaired) electrons. The SMILES string of the molecule is [2H]c1c([2H])c(-n2c3c([2H])c([2H])c([2H])c([2H])c3c3c([2H])c([2H])c([2H])c([2H])c32)c([2H])c2c1B1c3cc4c5c(c3N(c3cccc6c3-c3ccccc3C63c6ccccc6-c6ccccc63)c3cc(C(C)(C)C)cc(c31)N2c1c(-c2ccccc2)cc(C(C)(C)C)cc1-c1ccccc1)Oc1cc(-c2ccccc2)ccc1B5c1c([2H])c([2H])c([2H])c2c3c([2H])c([2H])c([2H])c([2H])c3n-4c12. The van der Waals surface area contributed by atoms with Crippen LogP contribution in [0.4, 0.5) is 34.1 Å². The van der Waals surface area contributed by atoms with Gasteiger partial charge in [0.2, 0.25) is 0 Å². The first kappa shape index (κ1) is 48.2. The summed E-state index contributed by atoms with van der Waals surface area (Å²) in [7, 11) is 0. The van der Waals surface area contributed by atoms with Gasteiger partial charge in [-0.25, -0.2) is 0 Å². The number of rotatable bonds is 6. The first-order valence-electron chi connectivity index (χ1n) is 47.2. The van der Waals surface area contributed by atoms with E-state index in [-0.39, 0.29) is 72.0 Å². The normalized spacial score (nSPS) is 16.3. The zero-order chi connectivity index (χ0) is 90.0. The molecule has 526 valence electrons.